The largest absolute Gasteiger partial charge is 0.445 e. The van der Waals surface area contributed by atoms with E-state index in [1.807, 2.05) is 55.6 Å². The number of amides is 1. The molecule has 0 radical (unpaired) electrons. The highest BCUT2D eigenvalue weighted by molar-refractivity contribution is 5.67. The third kappa shape index (κ3) is 6.15. The molecule has 1 amide bonds. The molecule has 0 aliphatic rings. The van der Waals surface area contributed by atoms with Crippen molar-refractivity contribution in [3.8, 4) is 11.8 Å². The zero-order chi connectivity index (χ0) is 17.0. The SMILES string of the molecule is CNCc1ccccc1C#CCCNC(=O)OCc1ccccc1. The molecule has 0 fully saturated rings. The summed E-state index contributed by atoms with van der Waals surface area (Å²) in [6.45, 7) is 1.53. The van der Waals surface area contributed by atoms with E-state index in [1.165, 1.54) is 5.56 Å². The van der Waals surface area contributed by atoms with Crippen molar-refractivity contribution in [3.05, 3.63) is 71.3 Å². The predicted octanol–water partition coefficient (Wildman–Crippen LogP) is 3.07. The molecule has 0 atom stereocenters. The highest BCUT2D eigenvalue weighted by atomic mass is 16.5. The number of benzene rings is 2. The average Bonchev–Trinajstić information content (AvgIpc) is 2.62. The highest BCUT2D eigenvalue weighted by Crippen LogP contribution is 2.06. The smallest absolute Gasteiger partial charge is 0.407 e. The first-order chi connectivity index (χ1) is 11.8. The average molecular weight is 322 g/mol. The number of nitrogens with one attached hydrogen (secondary N) is 2. The van der Waals surface area contributed by atoms with Crippen molar-refractivity contribution < 1.29 is 9.53 Å². The fourth-order valence-corrected chi connectivity index (χ4v) is 2.15. The zero-order valence-corrected chi connectivity index (χ0v) is 13.8. The number of ether oxygens (including phenoxy) is 1. The van der Waals surface area contributed by atoms with Gasteiger partial charge in [-0.25, -0.2) is 4.79 Å². The second-order valence-electron chi connectivity index (χ2n) is 5.23. The third-order valence-electron chi connectivity index (χ3n) is 3.34. The first-order valence-electron chi connectivity index (χ1n) is 7.95. The third-order valence-corrected chi connectivity index (χ3v) is 3.34. The van der Waals surface area contributed by atoms with Crippen molar-refractivity contribution in [3.63, 3.8) is 0 Å². The van der Waals surface area contributed by atoms with Gasteiger partial charge >= 0.3 is 6.09 Å². The van der Waals surface area contributed by atoms with Crippen molar-refractivity contribution in [1.82, 2.24) is 10.6 Å². The lowest BCUT2D eigenvalue weighted by molar-refractivity contribution is 0.140. The van der Waals surface area contributed by atoms with Gasteiger partial charge in [0, 0.05) is 25.1 Å². The van der Waals surface area contributed by atoms with Crippen LogP contribution in [-0.4, -0.2) is 19.7 Å². The minimum Gasteiger partial charge on any atom is -0.445 e. The second kappa shape index (κ2) is 10.1. The molecule has 124 valence electrons. The molecule has 0 spiro atoms. The van der Waals surface area contributed by atoms with Crippen LogP contribution in [0.1, 0.15) is 23.1 Å². The van der Waals surface area contributed by atoms with Crippen LogP contribution in [-0.2, 0) is 17.9 Å². The molecule has 0 aromatic heterocycles. The zero-order valence-electron chi connectivity index (χ0n) is 13.8. The summed E-state index contributed by atoms with van der Waals surface area (Å²) in [6, 6.07) is 17.6. The molecule has 4 heteroatoms. The van der Waals surface area contributed by atoms with E-state index in [2.05, 4.69) is 28.5 Å². The molecule has 0 saturated heterocycles. The monoisotopic (exact) mass is 322 g/mol. The van der Waals surface area contributed by atoms with Gasteiger partial charge in [-0.05, 0) is 24.2 Å². The van der Waals surface area contributed by atoms with Gasteiger partial charge in [-0.2, -0.15) is 0 Å². The van der Waals surface area contributed by atoms with Crippen LogP contribution in [0.4, 0.5) is 4.79 Å². The van der Waals surface area contributed by atoms with Crippen molar-refractivity contribution >= 4 is 6.09 Å². The van der Waals surface area contributed by atoms with Crippen LogP contribution in [0.15, 0.2) is 54.6 Å². The molecule has 2 rings (SSSR count). The summed E-state index contributed by atoms with van der Waals surface area (Å²) in [5, 5.41) is 5.83. The summed E-state index contributed by atoms with van der Waals surface area (Å²) < 4.78 is 5.14. The Morgan fingerprint density at radius 1 is 1.08 bits per heavy atom. The van der Waals surface area contributed by atoms with Gasteiger partial charge < -0.3 is 15.4 Å². The van der Waals surface area contributed by atoms with Crippen LogP contribution in [0, 0.1) is 11.8 Å². The van der Waals surface area contributed by atoms with E-state index in [9.17, 15) is 4.79 Å². The lowest BCUT2D eigenvalue weighted by Crippen LogP contribution is -2.24. The van der Waals surface area contributed by atoms with E-state index in [0.717, 1.165) is 17.7 Å². The second-order valence-corrected chi connectivity index (χ2v) is 5.23. The van der Waals surface area contributed by atoms with Crippen molar-refractivity contribution in [2.75, 3.05) is 13.6 Å². The molecular formula is C20H22N2O2. The molecule has 2 aromatic rings. The topological polar surface area (TPSA) is 50.4 Å². The molecular weight excluding hydrogens is 300 g/mol. The Balaban J connectivity index is 1.70. The Morgan fingerprint density at radius 3 is 2.62 bits per heavy atom. The Hall–Kier alpha value is -2.77. The molecule has 2 N–H and O–H groups in total. The number of rotatable bonds is 6. The van der Waals surface area contributed by atoms with Gasteiger partial charge in [0.2, 0.25) is 0 Å². The fourth-order valence-electron chi connectivity index (χ4n) is 2.15. The first-order valence-corrected chi connectivity index (χ1v) is 7.95. The molecule has 0 aliphatic carbocycles. The summed E-state index contributed by atoms with van der Waals surface area (Å²) in [6.07, 6.45) is 0.158. The molecule has 0 bridgehead atoms. The molecule has 4 nitrogen and oxygen atoms in total. The van der Waals surface area contributed by atoms with Crippen LogP contribution in [0.5, 0.6) is 0 Å². The number of alkyl carbamates (subject to hydrolysis) is 1. The molecule has 0 saturated carbocycles. The predicted molar refractivity (Wildman–Crippen MR) is 95.3 cm³/mol. The highest BCUT2D eigenvalue weighted by Gasteiger charge is 2.01. The Morgan fingerprint density at radius 2 is 1.83 bits per heavy atom. The maximum Gasteiger partial charge on any atom is 0.407 e. The van der Waals surface area contributed by atoms with E-state index >= 15 is 0 Å². The van der Waals surface area contributed by atoms with Gasteiger partial charge in [-0.3, -0.25) is 0 Å². The molecule has 2 aromatic carbocycles. The van der Waals surface area contributed by atoms with Crippen LogP contribution in [0.25, 0.3) is 0 Å². The van der Waals surface area contributed by atoms with E-state index in [0.29, 0.717) is 13.0 Å². The van der Waals surface area contributed by atoms with Gasteiger partial charge in [0.1, 0.15) is 6.61 Å². The maximum absolute atomic E-state index is 11.6. The normalized spacial score (nSPS) is 9.71. The maximum atomic E-state index is 11.6. The minimum atomic E-state index is -0.420. The Labute approximate surface area is 143 Å². The Bertz CT molecular complexity index is 702. The van der Waals surface area contributed by atoms with Gasteiger partial charge in [0.15, 0.2) is 0 Å². The fraction of sp³-hybridized carbons (Fsp3) is 0.250. The standard InChI is InChI=1S/C20H22N2O2/c1-21-15-19-13-6-5-11-18(19)12-7-8-14-22-20(23)24-16-17-9-3-2-4-10-17/h2-6,9-11,13,21H,8,14-16H2,1H3,(H,22,23). The molecule has 0 aliphatic heterocycles. The van der Waals surface area contributed by atoms with E-state index in [1.54, 1.807) is 0 Å². The number of hydrogen-bond acceptors (Lipinski definition) is 3. The number of carbonyl (C=O) groups is 1. The van der Waals surface area contributed by atoms with Gasteiger partial charge in [-0.1, -0.05) is 60.4 Å². The Kier molecular flexibility index (Phi) is 7.39. The number of carbonyl (C=O) groups excluding carboxylic acids is 1. The van der Waals surface area contributed by atoms with Crippen LogP contribution >= 0.6 is 0 Å². The number of hydrogen-bond donors (Lipinski definition) is 2. The minimum absolute atomic E-state index is 0.274. The summed E-state index contributed by atoms with van der Waals surface area (Å²) in [5.74, 6) is 6.23. The van der Waals surface area contributed by atoms with E-state index in [4.69, 9.17) is 4.74 Å². The quantitative estimate of drug-likeness (QED) is 0.635. The molecule has 0 heterocycles. The lowest BCUT2D eigenvalue weighted by Gasteiger charge is -2.05. The molecule has 0 unspecified atom stereocenters. The van der Waals surface area contributed by atoms with E-state index < -0.39 is 6.09 Å². The summed E-state index contributed by atoms with van der Waals surface area (Å²) in [7, 11) is 1.91. The lowest BCUT2D eigenvalue weighted by atomic mass is 10.1. The van der Waals surface area contributed by atoms with Crippen LogP contribution in [0.3, 0.4) is 0 Å². The van der Waals surface area contributed by atoms with Crippen molar-refractivity contribution in [2.24, 2.45) is 0 Å². The van der Waals surface area contributed by atoms with Crippen LogP contribution in [0.2, 0.25) is 0 Å². The van der Waals surface area contributed by atoms with E-state index in [-0.39, 0.29) is 6.61 Å². The molecule has 24 heavy (non-hydrogen) atoms. The van der Waals surface area contributed by atoms with Crippen molar-refractivity contribution in [2.45, 2.75) is 19.6 Å². The summed E-state index contributed by atoms with van der Waals surface area (Å²) in [5.41, 5.74) is 3.15. The summed E-state index contributed by atoms with van der Waals surface area (Å²) in [4.78, 5) is 11.6. The van der Waals surface area contributed by atoms with Crippen molar-refractivity contribution in [1.29, 1.82) is 0 Å². The first kappa shape index (κ1) is 17.6. The van der Waals surface area contributed by atoms with Gasteiger partial charge in [0.25, 0.3) is 0 Å². The van der Waals surface area contributed by atoms with Gasteiger partial charge in [0.05, 0.1) is 0 Å². The van der Waals surface area contributed by atoms with Gasteiger partial charge in [-0.15, -0.1) is 0 Å². The summed E-state index contributed by atoms with van der Waals surface area (Å²) >= 11 is 0. The van der Waals surface area contributed by atoms with Crippen LogP contribution < -0.4 is 10.6 Å².